The molecule has 9 nitrogen and oxygen atoms in total. The van der Waals surface area contributed by atoms with Crippen LogP contribution in [0.1, 0.15) is 35.9 Å². The Morgan fingerprint density at radius 2 is 2.13 bits per heavy atom. The van der Waals surface area contributed by atoms with Gasteiger partial charge in [-0.25, -0.2) is 0 Å². The molecule has 0 aromatic carbocycles. The van der Waals surface area contributed by atoms with Crippen molar-refractivity contribution in [3.05, 3.63) is 29.7 Å². The second-order valence-corrected chi connectivity index (χ2v) is 5.44. The molecule has 0 bridgehead atoms. The lowest BCUT2D eigenvalue weighted by Gasteiger charge is -2.03. The quantitative estimate of drug-likeness (QED) is 0.787. The standard InChI is InChI=1S/C14H17N7O2/c1-8(2)21-6-5-10(19-21)13-17-18-14(23-13)16-12(22)11-9(3)7-15-20(11)4/h5-8H,1-4H3,(H,16,18,22). The summed E-state index contributed by atoms with van der Waals surface area (Å²) in [4.78, 5) is 12.2. The number of carbonyl (C=O) groups excluding carboxylic acids is 1. The van der Waals surface area contributed by atoms with Crippen molar-refractivity contribution in [1.82, 2.24) is 29.8 Å². The Morgan fingerprint density at radius 3 is 2.74 bits per heavy atom. The maximum absolute atomic E-state index is 12.2. The average Bonchev–Trinajstić information content (AvgIpc) is 3.18. The highest BCUT2D eigenvalue weighted by Gasteiger charge is 2.18. The van der Waals surface area contributed by atoms with Crippen LogP contribution in [-0.4, -0.2) is 35.7 Å². The second-order valence-electron chi connectivity index (χ2n) is 5.44. The molecule has 3 aromatic heterocycles. The van der Waals surface area contributed by atoms with Crippen LogP contribution in [0.25, 0.3) is 11.6 Å². The maximum Gasteiger partial charge on any atom is 0.322 e. The van der Waals surface area contributed by atoms with Crippen molar-refractivity contribution in [1.29, 1.82) is 0 Å². The smallest absolute Gasteiger partial charge is 0.322 e. The summed E-state index contributed by atoms with van der Waals surface area (Å²) < 4.78 is 8.73. The first kappa shape index (κ1) is 14.9. The molecule has 0 aliphatic rings. The van der Waals surface area contributed by atoms with E-state index in [1.54, 1.807) is 30.9 Å². The Balaban J connectivity index is 1.78. The van der Waals surface area contributed by atoms with Gasteiger partial charge in [0.1, 0.15) is 11.4 Å². The molecule has 1 amide bonds. The van der Waals surface area contributed by atoms with Crippen LogP contribution in [0, 0.1) is 6.92 Å². The first-order chi connectivity index (χ1) is 11.0. The summed E-state index contributed by atoms with van der Waals surface area (Å²) in [5.74, 6) is -0.105. The van der Waals surface area contributed by atoms with Crippen LogP contribution in [-0.2, 0) is 7.05 Å². The molecular formula is C14H17N7O2. The molecule has 0 unspecified atom stereocenters. The van der Waals surface area contributed by atoms with E-state index in [4.69, 9.17) is 4.42 Å². The van der Waals surface area contributed by atoms with Gasteiger partial charge in [-0.3, -0.25) is 19.5 Å². The van der Waals surface area contributed by atoms with Crippen molar-refractivity contribution in [3.63, 3.8) is 0 Å². The van der Waals surface area contributed by atoms with E-state index >= 15 is 0 Å². The molecule has 3 heterocycles. The van der Waals surface area contributed by atoms with Crippen LogP contribution in [0.3, 0.4) is 0 Å². The lowest BCUT2D eigenvalue weighted by atomic mass is 10.2. The zero-order valence-corrected chi connectivity index (χ0v) is 13.3. The molecule has 0 atom stereocenters. The van der Waals surface area contributed by atoms with Gasteiger partial charge in [0.2, 0.25) is 0 Å². The van der Waals surface area contributed by atoms with Gasteiger partial charge in [0.05, 0.1) is 6.20 Å². The fraction of sp³-hybridized carbons (Fsp3) is 0.357. The Morgan fingerprint density at radius 1 is 1.35 bits per heavy atom. The molecule has 0 radical (unpaired) electrons. The number of rotatable bonds is 4. The van der Waals surface area contributed by atoms with Gasteiger partial charge in [-0.15, -0.1) is 5.10 Å². The molecule has 0 spiro atoms. The van der Waals surface area contributed by atoms with E-state index < -0.39 is 0 Å². The number of anilines is 1. The molecule has 3 rings (SSSR count). The number of aryl methyl sites for hydroxylation is 2. The molecule has 0 aliphatic carbocycles. The number of hydrogen-bond acceptors (Lipinski definition) is 6. The predicted octanol–water partition coefficient (Wildman–Crippen LogP) is 1.81. The molecule has 0 saturated heterocycles. The summed E-state index contributed by atoms with van der Waals surface area (Å²) in [6.45, 7) is 5.85. The minimum absolute atomic E-state index is 0.0182. The monoisotopic (exact) mass is 315 g/mol. The van der Waals surface area contributed by atoms with Crippen LogP contribution in [0.2, 0.25) is 0 Å². The minimum Gasteiger partial charge on any atom is -0.401 e. The van der Waals surface area contributed by atoms with E-state index in [1.807, 2.05) is 20.0 Å². The molecule has 1 N–H and O–H groups in total. The zero-order chi connectivity index (χ0) is 16.6. The molecule has 0 saturated carbocycles. The van der Waals surface area contributed by atoms with Crippen molar-refractivity contribution >= 4 is 11.9 Å². The van der Waals surface area contributed by atoms with E-state index in [-0.39, 0.29) is 23.9 Å². The highest BCUT2D eigenvalue weighted by molar-refractivity contribution is 6.02. The number of nitrogens with zero attached hydrogens (tertiary/aromatic N) is 6. The third-order valence-corrected chi connectivity index (χ3v) is 3.34. The molecule has 120 valence electrons. The third-order valence-electron chi connectivity index (χ3n) is 3.34. The molecular weight excluding hydrogens is 298 g/mol. The van der Waals surface area contributed by atoms with Crippen molar-refractivity contribution in [2.75, 3.05) is 5.32 Å². The highest BCUT2D eigenvalue weighted by Crippen LogP contribution is 2.19. The summed E-state index contributed by atoms with van der Waals surface area (Å²) >= 11 is 0. The third kappa shape index (κ3) is 2.85. The Hall–Kier alpha value is -2.97. The van der Waals surface area contributed by atoms with Gasteiger partial charge in [-0.2, -0.15) is 10.2 Å². The first-order valence-corrected chi connectivity index (χ1v) is 7.14. The zero-order valence-electron chi connectivity index (χ0n) is 13.3. The normalized spacial score (nSPS) is 11.2. The minimum atomic E-state index is -0.356. The summed E-state index contributed by atoms with van der Waals surface area (Å²) in [7, 11) is 1.69. The van der Waals surface area contributed by atoms with Gasteiger partial charge in [0.15, 0.2) is 0 Å². The highest BCUT2D eigenvalue weighted by atomic mass is 16.4. The van der Waals surface area contributed by atoms with Gasteiger partial charge in [0.25, 0.3) is 11.8 Å². The fourth-order valence-electron chi connectivity index (χ4n) is 2.15. The average molecular weight is 315 g/mol. The van der Waals surface area contributed by atoms with Crippen molar-refractivity contribution < 1.29 is 9.21 Å². The van der Waals surface area contributed by atoms with E-state index in [0.717, 1.165) is 5.56 Å². The molecule has 9 heteroatoms. The van der Waals surface area contributed by atoms with Crippen LogP contribution < -0.4 is 5.32 Å². The molecule has 3 aromatic rings. The van der Waals surface area contributed by atoms with Gasteiger partial charge in [0, 0.05) is 19.3 Å². The summed E-state index contributed by atoms with van der Waals surface area (Å²) in [5.41, 5.74) is 1.76. The summed E-state index contributed by atoms with van der Waals surface area (Å²) in [5, 5.41) is 18.7. The Bertz CT molecular complexity index is 824. The Labute approximate surface area is 132 Å². The van der Waals surface area contributed by atoms with Gasteiger partial charge < -0.3 is 4.42 Å². The van der Waals surface area contributed by atoms with E-state index in [0.29, 0.717) is 11.4 Å². The fourth-order valence-corrected chi connectivity index (χ4v) is 2.15. The number of amides is 1. The summed E-state index contributed by atoms with van der Waals surface area (Å²) in [6.07, 6.45) is 3.45. The number of hydrogen-bond donors (Lipinski definition) is 1. The Kier molecular flexibility index (Phi) is 3.68. The molecule has 23 heavy (non-hydrogen) atoms. The van der Waals surface area contributed by atoms with Gasteiger partial charge in [-0.05, 0) is 32.4 Å². The van der Waals surface area contributed by atoms with Crippen molar-refractivity contribution in [3.8, 4) is 11.6 Å². The number of nitrogens with one attached hydrogen (secondary N) is 1. The number of carbonyl (C=O) groups is 1. The van der Waals surface area contributed by atoms with E-state index in [1.165, 1.54) is 4.68 Å². The van der Waals surface area contributed by atoms with Crippen LogP contribution in [0.4, 0.5) is 6.01 Å². The molecule has 0 fully saturated rings. The van der Waals surface area contributed by atoms with E-state index in [9.17, 15) is 4.79 Å². The van der Waals surface area contributed by atoms with Crippen LogP contribution >= 0.6 is 0 Å². The lowest BCUT2D eigenvalue weighted by Crippen LogP contribution is -2.17. The second kappa shape index (κ2) is 5.67. The molecule has 0 aliphatic heterocycles. The van der Waals surface area contributed by atoms with Crippen LogP contribution in [0.5, 0.6) is 0 Å². The largest absolute Gasteiger partial charge is 0.401 e. The van der Waals surface area contributed by atoms with Crippen molar-refractivity contribution in [2.45, 2.75) is 26.8 Å². The lowest BCUT2D eigenvalue weighted by molar-refractivity contribution is 0.101. The first-order valence-electron chi connectivity index (χ1n) is 7.14. The van der Waals surface area contributed by atoms with Crippen molar-refractivity contribution in [2.24, 2.45) is 7.05 Å². The predicted molar refractivity (Wildman–Crippen MR) is 81.8 cm³/mol. The topological polar surface area (TPSA) is 104 Å². The van der Waals surface area contributed by atoms with Crippen LogP contribution in [0.15, 0.2) is 22.9 Å². The summed E-state index contributed by atoms with van der Waals surface area (Å²) in [6, 6.07) is 2.04. The van der Waals surface area contributed by atoms with E-state index in [2.05, 4.69) is 25.7 Å². The van der Waals surface area contributed by atoms with Gasteiger partial charge >= 0.3 is 6.01 Å². The van der Waals surface area contributed by atoms with Gasteiger partial charge in [-0.1, -0.05) is 5.10 Å². The SMILES string of the molecule is Cc1cnn(C)c1C(=O)Nc1nnc(-c2ccn(C(C)C)n2)o1. The maximum atomic E-state index is 12.2. The number of aromatic nitrogens is 6.